The maximum Gasteiger partial charge on any atom is 0.233 e. The summed E-state index contributed by atoms with van der Waals surface area (Å²) in [6.07, 6.45) is 0. The molecule has 1 aromatic rings. The summed E-state index contributed by atoms with van der Waals surface area (Å²) in [5.74, 6) is 0.541. The van der Waals surface area contributed by atoms with Crippen molar-refractivity contribution in [3.8, 4) is 0 Å². The molecule has 0 radical (unpaired) electrons. The third-order valence-corrected chi connectivity index (χ3v) is 4.78. The highest BCUT2D eigenvalue weighted by molar-refractivity contribution is 8.00. The molecule has 3 nitrogen and oxygen atoms in total. The first-order chi connectivity index (χ1) is 9.08. The number of hydrogen-bond acceptors (Lipinski definition) is 3. The Hall–Kier alpha value is -0.420. The molecule has 1 atom stereocenters. The maximum atomic E-state index is 12.2. The monoisotopic (exact) mass is 318 g/mol. The van der Waals surface area contributed by atoms with Crippen molar-refractivity contribution < 1.29 is 4.79 Å². The fourth-order valence-corrected chi connectivity index (χ4v) is 3.40. The van der Waals surface area contributed by atoms with Crippen LogP contribution in [0.1, 0.15) is 6.92 Å². The number of halogens is 2. The van der Waals surface area contributed by atoms with Crippen LogP contribution in [0.4, 0.5) is 0 Å². The summed E-state index contributed by atoms with van der Waals surface area (Å²) in [6, 6.07) is 5.54. The highest BCUT2D eigenvalue weighted by Gasteiger charge is 2.22. The predicted octanol–water partition coefficient (Wildman–Crippen LogP) is 2.91. The summed E-state index contributed by atoms with van der Waals surface area (Å²) in [4.78, 5) is 15.0. The van der Waals surface area contributed by atoms with E-state index in [4.69, 9.17) is 23.2 Å². The number of thioether (sulfide) groups is 1. The minimum Gasteiger partial charge on any atom is -0.337 e. The summed E-state index contributed by atoms with van der Waals surface area (Å²) in [6.45, 7) is 4.54. The highest BCUT2D eigenvalue weighted by atomic mass is 35.5. The number of nitrogens with zero attached hydrogens (tertiary/aromatic N) is 1. The zero-order valence-electron chi connectivity index (χ0n) is 10.7. The van der Waals surface area contributed by atoms with Crippen molar-refractivity contribution in [3.05, 3.63) is 28.2 Å². The Balaban J connectivity index is 1.94. The molecular formula is C13H16Cl2N2OS. The summed E-state index contributed by atoms with van der Waals surface area (Å²) in [5, 5.41) is 4.54. The van der Waals surface area contributed by atoms with Gasteiger partial charge in [-0.2, -0.15) is 0 Å². The van der Waals surface area contributed by atoms with Gasteiger partial charge < -0.3 is 10.2 Å². The van der Waals surface area contributed by atoms with Crippen LogP contribution in [-0.2, 0) is 4.79 Å². The van der Waals surface area contributed by atoms with Crippen LogP contribution < -0.4 is 5.32 Å². The quantitative estimate of drug-likeness (QED) is 0.870. The number of piperazine rings is 1. The normalized spacial score (nSPS) is 19.5. The number of hydrogen-bond donors (Lipinski definition) is 1. The third kappa shape index (κ3) is 4.02. The lowest BCUT2D eigenvalue weighted by Gasteiger charge is -2.34. The molecule has 2 rings (SSSR count). The second-order valence-corrected chi connectivity index (χ2v) is 6.36. The van der Waals surface area contributed by atoms with Gasteiger partial charge in [0.05, 0.1) is 10.8 Å². The molecule has 0 aromatic heterocycles. The van der Waals surface area contributed by atoms with E-state index in [0.29, 0.717) is 15.8 Å². The molecule has 1 saturated heterocycles. The van der Waals surface area contributed by atoms with E-state index < -0.39 is 0 Å². The van der Waals surface area contributed by atoms with Crippen LogP contribution in [0.3, 0.4) is 0 Å². The van der Waals surface area contributed by atoms with Crippen molar-refractivity contribution in [2.24, 2.45) is 0 Å². The Morgan fingerprint density at radius 3 is 3.05 bits per heavy atom. The van der Waals surface area contributed by atoms with E-state index in [1.165, 1.54) is 11.8 Å². The molecule has 0 spiro atoms. The smallest absolute Gasteiger partial charge is 0.233 e. The molecule has 1 N–H and O–H groups in total. The fourth-order valence-electron chi connectivity index (χ4n) is 2.02. The van der Waals surface area contributed by atoms with Crippen molar-refractivity contribution in [1.29, 1.82) is 0 Å². The summed E-state index contributed by atoms with van der Waals surface area (Å²) < 4.78 is 0. The zero-order chi connectivity index (χ0) is 13.8. The van der Waals surface area contributed by atoms with Gasteiger partial charge in [0.1, 0.15) is 0 Å². The van der Waals surface area contributed by atoms with Crippen molar-refractivity contribution in [2.75, 3.05) is 25.4 Å². The fraction of sp³-hybridized carbons (Fsp3) is 0.462. The van der Waals surface area contributed by atoms with Crippen LogP contribution in [0.5, 0.6) is 0 Å². The Bertz CT molecular complexity index is 470. The predicted molar refractivity (Wildman–Crippen MR) is 81.2 cm³/mol. The Kier molecular flexibility index (Phi) is 5.39. The molecule has 0 aliphatic carbocycles. The Morgan fingerprint density at radius 2 is 2.32 bits per heavy atom. The average Bonchev–Trinajstić information content (AvgIpc) is 2.40. The number of amides is 1. The minimum atomic E-state index is 0.148. The van der Waals surface area contributed by atoms with Crippen LogP contribution in [0.25, 0.3) is 0 Å². The SMILES string of the molecule is C[C@H]1CNCCN1C(=O)CSc1cc(Cl)ccc1Cl. The van der Waals surface area contributed by atoms with Gasteiger partial charge in [0.2, 0.25) is 5.91 Å². The van der Waals surface area contributed by atoms with Gasteiger partial charge in [-0.15, -0.1) is 11.8 Å². The molecule has 0 bridgehead atoms. The molecule has 1 aliphatic rings. The molecule has 1 aromatic carbocycles. The minimum absolute atomic E-state index is 0.148. The van der Waals surface area contributed by atoms with Crippen molar-refractivity contribution >= 4 is 40.9 Å². The summed E-state index contributed by atoms with van der Waals surface area (Å²) in [5.41, 5.74) is 0. The molecule has 104 valence electrons. The topological polar surface area (TPSA) is 32.3 Å². The van der Waals surface area contributed by atoms with Crippen molar-refractivity contribution in [1.82, 2.24) is 10.2 Å². The highest BCUT2D eigenvalue weighted by Crippen LogP contribution is 2.30. The lowest BCUT2D eigenvalue weighted by atomic mass is 10.2. The molecule has 6 heteroatoms. The molecule has 1 fully saturated rings. The van der Waals surface area contributed by atoms with Gasteiger partial charge in [0, 0.05) is 35.6 Å². The first-order valence-corrected chi connectivity index (χ1v) is 7.90. The first kappa shape index (κ1) is 15.0. The van der Waals surface area contributed by atoms with E-state index in [1.54, 1.807) is 18.2 Å². The van der Waals surface area contributed by atoms with Gasteiger partial charge in [0.15, 0.2) is 0 Å². The molecule has 1 amide bonds. The molecular weight excluding hydrogens is 303 g/mol. The largest absolute Gasteiger partial charge is 0.337 e. The van der Waals surface area contributed by atoms with Gasteiger partial charge in [-0.1, -0.05) is 23.2 Å². The van der Waals surface area contributed by atoms with E-state index in [0.717, 1.165) is 24.5 Å². The number of rotatable bonds is 3. The van der Waals surface area contributed by atoms with Crippen LogP contribution in [0, 0.1) is 0 Å². The average molecular weight is 319 g/mol. The molecule has 19 heavy (non-hydrogen) atoms. The van der Waals surface area contributed by atoms with Gasteiger partial charge >= 0.3 is 0 Å². The van der Waals surface area contributed by atoms with Gasteiger partial charge in [-0.05, 0) is 25.1 Å². The van der Waals surface area contributed by atoms with E-state index >= 15 is 0 Å². The summed E-state index contributed by atoms with van der Waals surface area (Å²) in [7, 11) is 0. The van der Waals surface area contributed by atoms with E-state index in [-0.39, 0.29) is 11.9 Å². The maximum absolute atomic E-state index is 12.2. The van der Waals surface area contributed by atoms with Crippen molar-refractivity contribution in [3.63, 3.8) is 0 Å². The first-order valence-electron chi connectivity index (χ1n) is 6.16. The van der Waals surface area contributed by atoms with Crippen LogP contribution in [0.15, 0.2) is 23.1 Å². The molecule has 1 heterocycles. The van der Waals surface area contributed by atoms with E-state index in [2.05, 4.69) is 12.2 Å². The standard InChI is InChI=1S/C13H16Cl2N2OS/c1-9-7-16-4-5-17(9)13(18)8-19-12-6-10(14)2-3-11(12)15/h2-3,6,9,16H,4-5,7-8H2,1H3/t9-/m0/s1. The Morgan fingerprint density at radius 1 is 1.53 bits per heavy atom. The van der Waals surface area contributed by atoms with Crippen LogP contribution in [0.2, 0.25) is 10.0 Å². The molecule has 0 unspecified atom stereocenters. The lowest BCUT2D eigenvalue weighted by molar-refractivity contribution is -0.131. The number of carbonyl (C=O) groups excluding carboxylic acids is 1. The number of carbonyl (C=O) groups is 1. The number of nitrogens with one attached hydrogen (secondary N) is 1. The lowest BCUT2D eigenvalue weighted by Crippen LogP contribution is -2.52. The second kappa shape index (κ2) is 6.84. The molecule has 1 aliphatic heterocycles. The van der Waals surface area contributed by atoms with E-state index in [9.17, 15) is 4.79 Å². The Labute approximate surface area is 127 Å². The van der Waals surface area contributed by atoms with Crippen LogP contribution >= 0.6 is 35.0 Å². The number of benzene rings is 1. The zero-order valence-corrected chi connectivity index (χ0v) is 13.0. The second-order valence-electron chi connectivity index (χ2n) is 4.50. The van der Waals surface area contributed by atoms with Gasteiger partial charge in [0.25, 0.3) is 0 Å². The van der Waals surface area contributed by atoms with Gasteiger partial charge in [-0.3, -0.25) is 4.79 Å². The third-order valence-electron chi connectivity index (χ3n) is 3.07. The molecule has 0 saturated carbocycles. The van der Waals surface area contributed by atoms with Crippen LogP contribution in [-0.4, -0.2) is 42.2 Å². The van der Waals surface area contributed by atoms with Gasteiger partial charge in [-0.25, -0.2) is 0 Å². The van der Waals surface area contributed by atoms with E-state index in [1.807, 2.05) is 4.90 Å². The van der Waals surface area contributed by atoms with Crippen molar-refractivity contribution in [2.45, 2.75) is 17.9 Å². The summed E-state index contributed by atoms with van der Waals surface area (Å²) >= 11 is 13.4.